The molecule has 2 aromatic heterocycles. The second kappa shape index (κ2) is 5.26. The van der Waals surface area contributed by atoms with E-state index in [1.807, 2.05) is 6.20 Å². The van der Waals surface area contributed by atoms with Gasteiger partial charge in [0.2, 0.25) is 0 Å². The van der Waals surface area contributed by atoms with Gasteiger partial charge in [0.25, 0.3) is 0 Å². The summed E-state index contributed by atoms with van der Waals surface area (Å²) in [6.45, 7) is 3.04. The van der Waals surface area contributed by atoms with Gasteiger partial charge in [0.1, 0.15) is 11.6 Å². The lowest BCUT2D eigenvalue weighted by molar-refractivity contribution is 0.225. The number of fused-ring (bicyclic) bond motifs is 1. The summed E-state index contributed by atoms with van der Waals surface area (Å²) in [5, 5.41) is 7.41. The molecular weight excluding hydrogens is 264 g/mol. The van der Waals surface area contributed by atoms with Gasteiger partial charge in [-0.2, -0.15) is 5.10 Å². The van der Waals surface area contributed by atoms with Gasteiger partial charge in [0, 0.05) is 37.8 Å². The molecular formula is C15H22N6. The number of aryl methyl sites for hydroxylation is 1. The minimum atomic E-state index is 0.623. The van der Waals surface area contributed by atoms with Gasteiger partial charge in [0.15, 0.2) is 5.82 Å². The van der Waals surface area contributed by atoms with Crippen molar-refractivity contribution in [2.75, 3.05) is 13.6 Å². The van der Waals surface area contributed by atoms with E-state index in [4.69, 9.17) is 0 Å². The molecule has 6 heteroatoms. The number of hydrogen-bond acceptors (Lipinski definition) is 4. The first kappa shape index (κ1) is 13.0. The van der Waals surface area contributed by atoms with Crippen LogP contribution in [0.25, 0.3) is 0 Å². The normalized spacial score (nSPS) is 21.7. The fourth-order valence-electron chi connectivity index (χ4n) is 3.25. The Kier molecular flexibility index (Phi) is 3.25. The van der Waals surface area contributed by atoms with Crippen molar-refractivity contribution in [3.05, 3.63) is 29.9 Å². The smallest absolute Gasteiger partial charge is 0.153 e. The fourth-order valence-corrected chi connectivity index (χ4v) is 3.25. The summed E-state index contributed by atoms with van der Waals surface area (Å²) in [6.07, 6.45) is 8.84. The standard InChI is InChI=1S/C15H22N6/c1-20(10-13-17-15(19-18-13)12-3-4-12)8-11-2-5-14-16-6-7-21(14)9-11/h6-7,11-12H,2-5,8-10H2,1H3,(H,17,18,19)/t11-/m0/s1. The van der Waals surface area contributed by atoms with Crippen LogP contribution in [0.2, 0.25) is 0 Å². The second-order valence-corrected chi connectivity index (χ2v) is 6.51. The van der Waals surface area contributed by atoms with Crippen molar-refractivity contribution in [1.29, 1.82) is 0 Å². The second-order valence-electron chi connectivity index (χ2n) is 6.51. The van der Waals surface area contributed by atoms with Gasteiger partial charge in [-0.15, -0.1) is 0 Å². The Balaban J connectivity index is 1.32. The van der Waals surface area contributed by atoms with Gasteiger partial charge in [-0.05, 0) is 32.2 Å². The van der Waals surface area contributed by atoms with Gasteiger partial charge in [0.05, 0.1) is 6.54 Å². The van der Waals surface area contributed by atoms with Crippen molar-refractivity contribution in [2.45, 2.75) is 44.7 Å². The summed E-state index contributed by atoms with van der Waals surface area (Å²) in [7, 11) is 2.17. The summed E-state index contributed by atoms with van der Waals surface area (Å²) in [5.41, 5.74) is 0. The van der Waals surface area contributed by atoms with Crippen LogP contribution in [0.3, 0.4) is 0 Å². The van der Waals surface area contributed by atoms with Crippen molar-refractivity contribution in [2.24, 2.45) is 5.92 Å². The third-order valence-electron chi connectivity index (χ3n) is 4.51. The van der Waals surface area contributed by atoms with Crippen molar-refractivity contribution in [3.63, 3.8) is 0 Å². The molecule has 6 nitrogen and oxygen atoms in total. The molecule has 1 aliphatic carbocycles. The summed E-state index contributed by atoms with van der Waals surface area (Å²) >= 11 is 0. The Hall–Kier alpha value is -1.69. The average Bonchev–Trinajstić information content (AvgIpc) is 3.04. The predicted molar refractivity (Wildman–Crippen MR) is 78.7 cm³/mol. The number of aromatic nitrogens is 5. The van der Waals surface area contributed by atoms with Crippen LogP contribution in [0.5, 0.6) is 0 Å². The van der Waals surface area contributed by atoms with E-state index < -0.39 is 0 Å². The Morgan fingerprint density at radius 1 is 1.38 bits per heavy atom. The van der Waals surface area contributed by atoms with Crippen LogP contribution in [0.15, 0.2) is 12.4 Å². The highest BCUT2D eigenvalue weighted by Crippen LogP contribution is 2.37. The molecule has 0 radical (unpaired) electrons. The number of nitrogens with one attached hydrogen (secondary N) is 1. The Bertz CT molecular complexity index is 611. The molecule has 0 saturated heterocycles. The van der Waals surface area contributed by atoms with Gasteiger partial charge in [-0.25, -0.2) is 9.97 Å². The summed E-state index contributed by atoms with van der Waals surface area (Å²) in [5.74, 6) is 4.57. The molecule has 2 aromatic rings. The van der Waals surface area contributed by atoms with E-state index >= 15 is 0 Å². The lowest BCUT2D eigenvalue weighted by atomic mass is 9.99. The first-order valence-electron chi connectivity index (χ1n) is 7.87. The lowest BCUT2D eigenvalue weighted by Gasteiger charge is -2.27. The number of H-pyrrole nitrogens is 1. The third kappa shape index (κ3) is 2.85. The molecule has 0 unspecified atom stereocenters. The van der Waals surface area contributed by atoms with E-state index in [2.05, 4.69) is 42.9 Å². The topological polar surface area (TPSA) is 62.6 Å². The molecule has 1 atom stereocenters. The van der Waals surface area contributed by atoms with Crippen LogP contribution in [-0.2, 0) is 19.5 Å². The van der Waals surface area contributed by atoms with Crippen LogP contribution in [-0.4, -0.2) is 43.2 Å². The number of rotatable bonds is 5. The molecule has 21 heavy (non-hydrogen) atoms. The molecule has 1 fully saturated rings. The van der Waals surface area contributed by atoms with E-state index in [0.29, 0.717) is 11.8 Å². The van der Waals surface area contributed by atoms with Crippen molar-refractivity contribution in [3.8, 4) is 0 Å². The molecule has 1 N–H and O–H groups in total. The molecule has 2 aliphatic rings. The largest absolute Gasteiger partial charge is 0.335 e. The molecule has 1 aliphatic heterocycles. The van der Waals surface area contributed by atoms with E-state index in [9.17, 15) is 0 Å². The van der Waals surface area contributed by atoms with E-state index in [1.54, 1.807) is 0 Å². The Morgan fingerprint density at radius 2 is 2.29 bits per heavy atom. The van der Waals surface area contributed by atoms with Crippen LogP contribution in [0, 0.1) is 5.92 Å². The Morgan fingerprint density at radius 3 is 3.14 bits per heavy atom. The number of nitrogens with zero attached hydrogens (tertiary/aromatic N) is 5. The molecule has 3 heterocycles. The van der Waals surface area contributed by atoms with Crippen LogP contribution in [0.4, 0.5) is 0 Å². The highest BCUT2D eigenvalue weighted by molar-refractivity contribution is 5.05. The fraction of sp³-hybridized carbons (Fsp3) is 0.667. The van der Waals surface area contributed by atoms with Crippen molar-refractivity contribution >= 4 is 0 Å². The predicted octanol–water partition coefficient (Wildman–Crippen LogP) is 1.57. The summed E-state index contributed by atoms with van der Waals surface area (Å²) in [6, 6.07) is 0. The minimum Gasteiger partial charge on any atom is -0.335 e. The zero-order valence-electron chi connectivity index (χ0n) is 12.5. The molecule has 0 spiro atoms. The van der Waals surface area contributed by atoms with Gasteiger partial charge in [-0.1, -0.05) is 0 Å². The third-order valence-corrected chi connectivity index (χ3v) is 4.51. The maximum absolute atomic E-state index is 4.61. The number of imidazole rings is 1. The Labute approximate surface area is 124 Å². The number of hydrogen-bond donors (Lipinski definition) is 1. The lowest BCUT2D eigenvalue weighted by Crippen LogP contribution is -2.31. The zero-order chi connectivity index (χ0) is 14.2. The minimum absolute atomic E-state index is 0.623. The molecule has 0 amide bonds. The van der Waals surface area contributed by atoms with Gasteiger partial charge >= 0.3 is 0 Å². The summed E-state index contributed by atoms with van der Waals surface area (Å²) in [4.78, 5) is 11.3. The van der Waals surface area contributed by atoms with E-state index in [1.165, 1.54) is 25.1 Å². The van der Waals surface area contributed by atoms with Crippen molar-refractivity contribution < 1.29 is 0 Å². The maximum atomic E-state index is 4.61. The van der Waals surface area contributed by atoms with Gasteiger partial charge < -0.3 is 4.57 Å². The zero-order valence-corrected chi connectivity index (χ0v) is 12.5. The van der Waals surface area contributed by atoms with Gasteiger partial charge in [-0.3, -0.25) is 10.00 Å². The molecule has 112 valence electrons. The average molecular weight is 286 g/mol. The van der Waals surface area contributed by atoms with Crippen LogP contribution in [0.1, 0.15) is 42.7 Å². The highest BCUT2D eigenvalue weighted by atomic mass is 15.2. The quantitative estimate of drug-likeness (QED) is 0.906. The maximum Gasteiger partial charge on any atom is 0.153 e. The van der Waals surface area contributed by atoms with Crippen LogP contribution >= 0.6 is 0 Å². The monoisotopic (exact) mass is 286 g/mol. The summed E-state index contributed by atoms with van der Waals surface area (Å²) < 4.78 is 2.29. The highest BCUT2D eigenvalue weighted by Gasteiger charge is 2.28. The first-order chi connectivity index (χ1) is 10.3. The number of aromatic amines is 1. The molecule has 4 rings (SSSR count). The van der Waals surface area contributed by atoms with Crippen molar-refractivity contribution in [1.82, 2.24) is 29.6 Å². The molecule has 1 saturated carbocycles. The van der Waals surface area contributed by atoms with E-state index in [0.717, 1.165) is 37.7 Å². The molecule has 0 bridgehead atoms. The van der Waals surface area contributed by atoms with E-state index in [-0.39, 0.29) is 0 Å². The van der Waals surface area contributed by atoms with Crippen LogP contribution < -0.4 is 0 Å². The first-order valence-corrected chi connectivity index (χ1v) is 7.87. The molecule has 0 aromatic carbocycles. The SMILES string of the molecule is CN(Cc1nc(C2CC2)n[nH]1)C[C@@H]1CCc2nccn2C1.